The number of carboxylic acid groups (broad SMARTS) is 1. The topological polar surface area (TPSA) is 128 Å². The summed E-state index contributed by atoms with van der Waals surface area (Å²) in [5, 5.41) is 22.5. The van der Waals surface area contributed by atoms with Gasteiger partial charge >= 0.3 is 5.97 Å². The Hall–Kier alpha value is -3.01. The Labute approximate surface area is 115 Å². The molecule has 0 radical (unpaired) electrons. The van der Waals surface area contributed by atoms with Gasteiger partial charge in [-0.1, -0.05) is 0 Å². The first-order chi connectivity index (χ1) is 9.43. The van der Waals surface area contributed by atoms with Crippen LogP contribution >= 0.6 is 0 Å². The van der Waals surface area contributed by atoms with Crippen molar-refractivity contribution in [1.82, 2.24) is 5.32 Å². The number of nitrogens with zero attached hydrogens (tertiary/aromatic N) is 1. The molecule has 104 valence electrons. The van der Waals surface area contributed by atoms with Crippen LogP contribution < -0.4 is 16.4 Å². The minimum atomic E-state index is -1.09. The second-order valence-corrected chi connectivity index (χ2v) is 3.97. The molecule has 20 heavy (non-hydrogen) atoms. The summed E-state index contributed by atoms with van der Waals surface area (Å²) in [4.78, 5) is 22.4. The zero-order valence-electron chi connectivity index (χ0n) is 10.8. The Morgan fingerprint density at radius 2 is 2.00 bits per heavy atom. The first-order valence-electron chi connectivity index (χ1n) is 5.70. The molecule has 0 heterocycles. The highest BCUT2D eigenvalue weighted by atomic mass is 16.4. The number of amides is 1. The van der Waals surface area contributed by atoms with E-state index in [1.165, 1.54) is 6.92 Å². The second kappa shape index (κ2) is 6.80. The van der Waals surface area contributed by atoms with E-state index in [2.05, 4.69) is 10.6 Å². The number of nitrogen functional groups attached to an aromatic ring is 1. The van der Waals surface area contributed by atoms with E-state index in [0.29, 0.717) is 11.4 Å². The van der Waals surface area contributed by atoms with E-state index in [-0.39, 0.29) is 5.57 Å². The van der Waals surface area contributed by atoms with Crippen molar-refractivity contribution in [2.45, 2.75) is 13.0 Å². The van der Waals surface area contributed by atoms with Crippen LogP contribution in [-0.2, 0) is 9.59 Å². The minimum Gasteiger partial charge on any atom is -0.480 e. The van der Waals surface area contributed by atoms with Gasteiger partial charge in [0.25, 0.3) is 5.91 Å². The Morgan fingerprint density at radius 1 is 1.40 bits per heavy atom. The van der Waals surface area contributed by atoms with Crippen molar-refractivity contribution in [2.24, 2.45) is 0 Å². The number of anilines is 2. The number of hydrogen-bond donors (Lipinski definition) is 4. The van der Waals surface area contributed by atoms with Gasteiger partial charge in [0.05, 0.1) is 0 Å². The third kappa shape index (κ3) is 4.34. The van der Waals surface area contributed by atoms with Crippen LogP contribution in [0.3, 0.4) is 0 Å². The maximum absolute atomic E-state index is 11.8. The SMILES string of the molecule is CC(N/C=C(/C#N)C(=O)Nc1ccc(N)cc1)C(=O)O. The first-order valence-corrected chi connectivity index (χ1v) is 5.70. The number of nitrogens with two attached hydrogens (primary N) is 1. The molecule has 0 aliphatic rings. The number of carbonyl (C=O) groups is 2. The number of carbonyl (C=O) groups excluding carboxylic acids is 1. The van der Waals surface area contributed by atoms with Crippen LogP contribution in [0.25, 0.3) is 0 Å². The highest BCUT2D eigenvalue weighted by Gasteiger charge is 2.12. The summed E-state index contributed by atoms with van der Waals surface area (Å²) >= 11 is 0. The number of nitrogens with one attached hydrogen (secondary N) is 2. The molecular weight excluding hydrogens is 260 g/mol. The van der Waals surface area contributed by atoms with E-state index >= 15 is 0 Å². The standard InChI is InChI=1S/C13H14N4O3/c1-8(13(19)20)16-7-9(6-14)12(18)17-11-4-2-10(15)3-5-11/h2-5,7-8,16H,15H2,1H3,(H,17,18)(H,19,20)/b9-7-. The highest BCUT2D eigenvalue weighted by Crippen LogP contribution is 2.11. The second-order valence-electron chi connectivity index (χ2n) is 3.97. The van der Waals surface area contributed by atoms with E-state index in [0.717, 1.165) is 6.20 Å². The fourth-order valence-electron chi connectivity index (χ4n) is 1.19. The van der Waals surface area contributed by atoms with Gasteiger partial charge in [0.15, 0.2) is 0 Å². The third-order valence-electron chi connectivity index (χ3n) is 2.38. The molecule has 0 aliphatic heterocycles. The van der Waals surface area contributed by atoms with Crippen molar-refractivity contribution in [3.05, 3.63) is 36.0 Å². The smallest absolute Gasteiger partial charge is 0.325 e. The number of nitriles is 1. The molecule has 1 unspecified atom stereocenters. The minimum absolute atomic E-state index is 0.227. The van der Waals surface area contributed by atoms with Gasteiger partial charge in [-0.3, -0.25) is 9.59 Å². The van der Waals surface area contributed by atoms with Gasteiger partial charge in [0.2, 0.25) is 0 Å². The number of benzene rings is 1. The predicted octanol–water partition coefficient (Wildman–Crippen LogP) is 0.677. The maximum Gasteiger partial charge on any atom is 0.325 e. The zero-order chi connectivity index (χ0) is 15.1. The molecule has 0 bridgehead atoms. The molecule has 1 aromatic rings. The number of rotatable bonds is 5. The van der Waals surface area contributed by atoms with E-state index in [9.17, 15) is 9.59 Å². The summed E-state index contributed by atoms with van der Waals surface area (Å²) in [6.45, 7) is 1.39. The summed E-state index contributed by atoms with van der Waals surface area (Å²) in [5.74, 6) is -1.72. The number of carboxylic acids is 1. The highest BCUT2D eigenvalue weighted by molar-refractivity contribution is 6.06. The lowest BCUT2D eigenvalue weighted by Gasteiger charge is -2.07. The van der Waals surface area contributed by atoms with Crippen LogP contribution in [-0.4, -0.2) is 23.0 Å². The van der Waals surface area contributed by atoms with Gasteiger partial charge in [-0.15, -0.1) is 0 Å². The summed E-state index contributed by atoms with van der Waals surface area (Å²) in [5.41, 5.74) is 6.32. The van der Waals surface area contributed by atoms with E-state index in [1.807, 2.05) is 0 Å². The fraction of sp³-hybridized carbons (Fsp3) is 0.154. The van der Waals surface area contributed by atoms with Crippen LogP contribution in [0.1, 0.15) is 6.92 Å². The molecule has 0 fully saturated rings. The molecule has 1 aromatic carbocycles. The summed E-state index contributed by atoms with van der Waals surface area (Å²) in [7, 11) is 0. The lowest BCUT2D eigenvalue weighted by molar-refractivity contribution is -0.138. The molecule has 1 atom stereocenters. The molecule has 7 nitrogen and oxygen atoms in total. The van der Waals surface area contributed by atoms with Crippen LogP contribution in [0.4, 0.5) is 11.4 Å². The van der Waals surface area contributed by atoms with Crippen molar-refractivity contribution in [1.29, 1.82) is 5.26 Å². The molecule has 0 aromatic heterocycles. The molecule has 0 saturated carbocycles. The van der Waals surface area contributed by atoms with Gasteiger partial charge in [0.1, 0.15) is 17.7 Å². The number of aliphatic carboxylic acids is 1. The third-order valence-corrected chi connectivity index (χ3v) is 2.38. The van der Waals surface area contributed by atoms with Crippen molar-refractivity contribution in [3.8, 4) is 6.07 Å². The van der Waals surface area contributed by atoms with Gasteiger partial charge in [-0.25, -0.2) is 0 Å². The summed E-state index contributed by atoms with van der Waals surface area (Å²) < 4.78 is 0. The average molecular weight is 274 g/mol. The molecule has 0 saturated heterocycles. The summed E-state index contributed by atoms with van der Waals surface area (Å²) in [6.07, 6.45) is 1.07. The quantitative estimate of drug-likeness (QED) is 0.355. The first kappa shape index (κ1) is 15.0. The Bertz CT molecular complexity index is 572. The van der Waals surface area contributed by atoms with E-state index < -0.39 is 17.9 Å². The van der Waals surface area contributed by atoms with Crippen LogP contribution in [0.15, 0.2) is 36.0 Å². The molecule has 7 heteroatoms. The fourth-order valence-corrected chi connectivity index (χ4v) is 1.19. The van der Waals surface area contributed by atoms with Gasteiger partial charge < -0.3 is 21.5 Å². The van der Waals surface area contributed by atoms with Gasteiger partial charge in [0, 0.05) is 17.6 Å². The van der Waals surface area contributed by atoms with Gasteiger partial charge in [-0.05, 0) is 31.2 Å². The van der Waals surface area contributed by atoms with Crippen LogP contribution in [0.2, 0.25) is 0 Å². The average Bonchev–Trinajstić information content (AvgIpc) is 2.41. The predicted molar refractivity (Wildman–Crippen MR) is 73.4 cm³/mol. The lowest BCUT2D eigenvalue weighted by Crippen LogP contribution is -2.30. The van der Waals surface area contributed by atoms with Crippen molar-refractivity contribution >= 4 is 23.3 Å². The molecule has 1 rings (SSSR count). The largest absolute Gasteiger partial charge is 0.480 e. The molecule has 5 N–H and O–H groups in total. The molecule has 1 amide bonds. The maximum atomic E-state index is 11.8. The summed E-state index contributed by atoms with van der Waals surface area (Å²) in [6, 6.07) is 7.20. The number of hydrogen-bond acceptors (Lipinski definition) is 5. The normalized spacial score (nSPS) is 12.1. The Balaban J connectivity index is 2.73. The Morgan fingerprint density at radius 3 is 2.50 bits per heavy atom. The van der Waals surface area contributed by atoms with Crippen molar-refractivity contribution in [2.75, 3.05) is 11.1 Å². The monoisotopic (exact) mass is 274 g/mol. The van der Waals surface area contributed by atoms with Crippen molar-refractivity contribution in [3.63, 3.8) is 0 Å². The van der Waals surface area contributed by atoms with E-state index in [1.54, 1.807) is 30.3 Å². The van der Waals surface area contributed by atoms with Crippen molar-refractivity contribution < 1.29 is 14.7 Å². The molecule has 0 aliphatic carbocycles. The molecular formula is C13H14N4O3. The Kier molecular flexibility index (Phi) is 5.12. The van der Waals surface area contributed by atoms with Crippen LogP contribution in [0, 0.1) is 11.3 Å². The zero-order valence-corrected chi connectivity index (χ0v) is 10.8. The van der Waals surface area contributed by atoms with E-state index in [4.69, 9.17) is 16.1 Å². The molecule has 0 spiro atoms. The van der Waals surface area contributed by atoms with Gasteiger partial charge in [-0.2, -0.15) is 5.26 Å². The van der Waals surface area contributed by atoms with Crippen LogP contribution in [0.5, 0.6) is 0 Å². The lowest BCUT2D eigenvalue weighted by atomic mass is 10.2.